The van der Waals surface area contributed by atoms with Gasteiger partial charge in [0, 0.05) is 30.8 Å². The number of nitrogens with zero attached hydrogens (tertiary/aromatic N) is 1. The summed E-state index contributed by atoms with van der Waals surface area (Å²) in [5.41, 5.74) is 8.76. The molecule has 1 atom stereocenters. The third-order valence-electron chi connectivity index (χ3n) is 4.58. The highest BCUT2D eigenvalue weighted by Crippen LogP contribution is 2.27. The Balaban J connectivity index is 1.69. The summed E-state index contributed by atoms with van der Waals surface area (Å²) in [4.78, 5) is 14.6. The van der Waals surface area contributed by atoms with E-state index in [1.54, 1.807) is 0 Å². The molecule has 0 spiro atoms. The van der Waals surface area contributed by atoms with Crippen LogP contribution in [-0.4, -0.2) is 36.6 Å². The van der Waals surface area contributed by atoms with Crippen LogP contribution in [0.15, 0.2) is 22.7 Å². The number of halogens is 1. The molecular formula is C16H21BrN2O2. The lowest BCUT2D eigenvalue weighted by molar-refractivity contribution is -0.135. The summed E-state index contributed by atoms with van der Waals surface area (Å²) in [6, 6.07) is 5.79. The number of fused-ring (bicyclic) bond motifs is 1. The predicted octanol–water partition coefficient (Wildman–Crippen LogP) is 2.09. The van der Waals surface area contributed by atoms with Crippen LogP contribution in [0.1, 0.15) is 24.0 Å². The molecule has 1 fully saturated rings. The van der Waals surface area contributed by atoms with Crippen LogP contribution >= 0.6 is 15.9 Å². The Morgan fingerprint density at radius 3 is 2.90 bits per heavy atom. The van der Waals surface area contributed by atoms with Crippen molar-refractivity contribution in [3.63, 3.8) is 0 Å². The molecule has 4 nitrogen and oxygen atoms in total. The van der Waals surface area contributed by atoms with E-state index in [0.29, 0.717) is 6.54 Å². The van der Waals surface area contributed by atoms with Gasteiger partial charge in [-0.1, -0.05) is 28.1 Å². The number of hydrogen-bond donors (Lipinski definition) is 1. The van der Waals surface area contributed by atoms with Gasteiger partial charge in [-0.05, 0) is 42.4 Å². The van der Waals surface area contributed by atoms with E-state index >= 15 is 0 Å². The van der Waals surface area contributed by atoms with Crippen molar-refractivity contribution in [1.29, 1.82) is 0 Å². The second kappa shape index (κ2) is 6.46. The summed E-state index contributed by atoms with van der Waals surface area (Å²) in [6.07, 6.45) is 2.68. The normalized spacial score (nSPS) is 21.0. The van der Waals surface area contributed by atoms with Gasteiger partial charge < -0.3 is 15.4 Å². The highest BCUT2D eigenvalue weighted by atomic mass is 79.9. The average Bonchev–Trinajstić information content (AvgIpc) is 2.54. The largest absolute Gasteiger partial charge is 0.381 e. The number of carbonyl (C=O) groups excluding carboxylic acids is 1. The Morgan fingerprint density at radius 2 is 2.14 bits per heavy atom. The molecule has 0 saturated carbocycles. The van der Waals surface area contributed by atoms with E-state index < -0.39 is 0 Å². The Kier molecular flexibility index (Phi) is 4.62. The fraction of sp³-hybridized carbons (Fsp3) is 0.562. The summed E-state index contributed by atoms with van der Waals surface area (Å²) in [5.74, 6) is 0.350. The highest BCUT2D eigenvalue weighted by Gasteiger charge is 2.31. The van der Waals surface area contributed by atoms with Gasteiger partial charge in [-0.2, -0.15) is 0 Å². The van der Waals surface area contributed by atoms with E-state index in [2.05, 4.69) is 28.1 Å². The van der Waals surface area contributed by atoms with Crippen molar-refractivity contribution in [1.82, 2.24) is 4.90 Å². The number of hydrogen-bond acceptors (Lipinski definition) is 3. The summed E-state index contributed by atoms with van der Waals surface area (Å²) in [5, 5.41) is 0. The Labute approximate surface area is 133 Å². The molecule has 0 aromatic heterocycles. The molecule has 0 bridgehead atoms. The van der Waals surface area contributed by atoms with Crippen LogP contribution in [0.2, 0.25) is 0 Å². The van der Waals surface area contributed by atoms with E-state index in [0.717, 1.165) is 43.5 Å². The fourth-order valence-corrected chi connectivity index (χ4v) is 3.84. The molecule has 21 heavy (non-hydrogen) atoms. The van der Waals surface area contributed by atoms with Crippen molar-refractivity contribution in [3.05, 3.63) is 33.8 Å². The molecule has 5 heteroatoms. The molecule has 1 aromatic carbocycles. The lowest BCUT2D eigenvalue weighted by Crippen LogP contribution is -2.50. The van der Waals surface area contributed by atoms with Crippen LogP contribution in [-0.2, 0) is 22.5 Å². The Hall–Kier alpha value is -0.910. The monoisotopic (exact) mass is 352 g/mol. The van der Waals surface area contributed by atoms with Crippen molar-refractivity contribution >= 4 is 21.8 Å². The third-order valence-corrected chi connectivity index (χ3v) is 5.32. The SMILES string of the molecule is NC(C(=O)N1CCc2c(Br)cccc2C1)C1CCOCC1. The third kappa shape index (κ3) is 3.15. The minimum atomic E-state index is -0.386. The maximum absolute atomic E-state index is 12.6. The summed E-state index contributed by atoms with van der Waals surface area (Å²) in [7, 11) is 0. The zero-order valence-corrected chi connectivity index (χ0v) is 13.6. The predicted molar refractivity (Wildman–Crippen MR) is 84.8 cm³/mol. The lowest BCUT2D eigenvalue weighted by atomic mass is 9.90. The first kappa shape index (κ1) is 15.0. The van der Waals surface area contributed by atoms with Gasteiger partial charge in [0.2, 0.25) is 5.91 Å². The van der Waals surface area contributed by atoms with Gasteiger partial charge in [-0.3, -0.25) is 4.79 Å². The van der Waals surface area contributed by atoms with E-state index in [1.807, 2.05) is 11.0 Å². The van der Waals surface area contributed by atoms with E-state index in [9.17, 15) is 4.79 Å². The summed E-state index contributed by atoms with van der Waals surface area (Å²) < 4.78 is 6.49. The summed E-state index contributed by atoms with van der Waals surface area (Å²) in [6.45, 7) is 2.87. The van der Waals surface area contributed by atoms with Crippen LogP contribution in [0.4, 0.5) is 0 Å². The van der Waals surface area contributed by atoms with E-state index in [-0.39, 0.29) is 17.9 Å². The first-order chi connectivity index (χ1) is 10.2. The number of benzene rings is 1. The van der Waals surface area contributed by atoms with Gasteiger partial charge in [-0.15, -0.1) is 0 Å². The maximum atomic E-state index is 12.6. The van der Waals surface area contributed by atoms with Crippen LogP contribution in [0.5, 0.6) is 0 Å². The molecule has 2 heterocycles. The first-order valence-electron chi connectivity index (χ1n) is 7.55. The van der Waals surface area contributed by atoms with Crippen LogP contribution in [0.25, 0.3) is 0 Å². The molecule has 1 saturated heterocycles. The number of ether oxygens (including phenoxy) is 1. The van der Waals surface area contributed by atoms with Gasteiger partial charge >= 0.3 is 0 Å². The van der Waals surface area contributed by atoms with Gasteiger partial charge in [-0.25, -0.2) is 0 Å². The molecular weight excluding hydrogens is 332 g/mol. The highest BCUT2D eigenvalue weighted by molar-refractivity contribution is 9.10. The molecule has 2 aliphatic rings. The molecule has 3 rings (SSSR count). The second-order valence-corrected chi connectivity index (χ2v) is 6.72. The van der Waals surface area contributed by atoms with Gasteiger partial charge in [0.1, 0.15) is 0 Å². The average molecular weight is 353 g/mol. The van der Waals surface area contributed by atoms with Crippen molar-refractivity contribution < 1.29 is 9.53 Å². The Morgan fingerprint density at radius 1 is 1.38 bits per heavy atom. The standard InChI is InChI=1S/C16H21BrN2O2/c17-14-3-1-2-12-10-19(7-4-13(12)14)16(20)15(18)11-5-8-21-9-6-11/h1-3,11,15H,4-10,18H2. The minimum Gasteiger partial charge on any atom is -0.381 e. The molecule has 114 valence electrons. The van der Waals surface area contributed by atoms with Crippen molar-refractivity contribution in [2.24, 2.45) is 11.7 Å². The zero-order valence-electron chi connectivity index (χ0n) is 12.1. The van der Waals surface area contributed by atoms with Crippen LogP contribution in [0.3, 0.4) is 0 Å². The zero-order chi connectivity index (χ0) is 14.8. The first-order valence-corrected chi connectivity index (χ1v) is 8.34. The molecule has 0 radical (unpaired) electrons. The lowest BCUT2D eigenvalue weighted by Gasteiger charge is -2.34. The van der Waals surface area contributed by atoms with Crippen LogP contribution < -0.4 is 5.73 Å². The topological polar surface area (TPSA) is 55.6 Å². The number of amides is 1. The van der Waals surface area contributed by atoms with Gasteiger partial charge in [0.05, 0.1) is 6.04 Å². The van der Waals surface area contributed by atoms with Crippen molar-refractivity contribution in [3.8, 4) is 0 Å². The quantitative estimate of drug-likeness (QED) is 0.886. The van der Waals surface area contributed by atoms with E-state index in [1.165, 1.54) is 11.1 Å². The minimum absolute atomic E-state index is 0.0903. The molecule has 0 aliphatic carbocycles. The second-order valence-electron chi connectivity index (χ2n) is 5.86. The molecule has 2 aliphatic heterocycles. The number of rotatable bonds is 2. The van der Waals surface area contributed by atoms with Crippen molar-refractivity contribution in [2.45, 2.75) is 31.8 Å². The fourth-order valence-electron chi connectivity index (χ4n) is 3.24. The number of carbonyl (C=O) groups is 1. The molecule has 1 unspecified atom stereocenters. The smallest absolute Gasteiger partial charge is 0.240 e. The van der Waals surface area contributed by atoms with E-state index in [4.69, 9.17) is 10.5 Å². The molecule has 1 amide bonds. The van der Waals surface area contributed by atoms with Crippen LogP contribution in [0, 0.1) is 5.92 Å². The maximum Gasteiger partial charge on any atom is 0.240 e. The van der Waals surface area contributed by atoms with Crippen molar-refractivity contribution in [2.75, 3.05) is 19.8 Å². The molecule has 1 aromatic rings. The summed E-state index contributed by atoms with van der Waals surface area (Å²) >= 11 is 3.59. The number of nitrogens with two attached hydrogens (primary N) is 1. The van der Waals surface area contributed by atoms with Gasteiger partial charge in [0.25, 0.3) is 0 Å². The molecule has 2 N–H and O–H groups in total. The van der Waals surface area contributed by atoms with Gasteiger partial charge in [0.15, 0.2) is 0 Å². The Bertz CT molecular complexity index is 529.